The van der Waals surface area contributed by atoms with Gasteiger partial charge in [-0.3, -0.25) is 4.79 Å². The Morgan fingerprint density at radius 1 is 1.25 bits per heavy atom. The van der Waals surface area contributed by atoms with Gasteiger partial charge >= 0.3 is 12.2 Å². The van der Waals surface area contributed by atoms with Crippen LogP contribution in [0, 0.1) is 0 Å². The fraction of sp³-hybridized carbons (Fsp3) is 0.385. The normalized spacial score (nSPS) is 14.7. The van der Waals surface area contributed by atoms with E-state index in [0.717, 1.165) is 31.5 Å². The number of likely N-dealkylation sites (tertiary alicyclic amines) is 1. The van der Waals surface area contributed by atoms with E-state index in [4.69, 9.17) is 0 Å². The van der Waals surface area contributed by atoms with Crippen molar-refractivity contribution < 1.29 is 22.8 Å². The van der Waals surface area contributed by atoms with Crippen LogP contribution in [0.25, 0.3) is 0 Å². The Labute approximate surface area is 113 Å². The Bertz CT molecular complexity index is 551. The third-order valence-corrected chi connectivity index (χ3v) is 3.11. The summed E-state index contributed by atoms with van der Waals surface area (Å²) in [7, 11) is 0. The molecule has 2 rings (SSSR count). The number of urea groups is 1. The van der Waals surface area contributed by atoms with Gasteiger partial charge in [-0.1, -0.05) is 0 Å². The topological polar surface area (TPSA) is 49.4 Å². The molecule has 0 saturated carbocycles. The van der Waals surface area contributed by atoms with Gasteiger partial charge in [0, 0.05) is 18.7 Å². The van der Waals surface area contributed by atoms with Crippen molar-refractivity contribution in [1.29, 1.82) is 0 Å². The summed E-state index contributed by atoms with van der Waals surface area (Å²) in [6.45, 7) is 2.39. The van der Waals surface area contributed by atoms with E-state index < -0.39 is 23.6 Å². The highest BCUT2D eigenvalue weighted by molar-refractivity contribution is 6.03. The van der Waals surface area contributed by atoms with Gasteiger partial charge in [-0.25, -0.2) is 4.79 Å². The second kappa shape index (κ2) is 5.15. The summed E-state index contributed by atoms with van der Waals surface area (Å²) in [6, 6.07) is 2.31. The lowest BCUT2D eigenvalue weighted by Gasteiger charge is -2.31. The molecule has 1 aromatic carbocycles. The first-order chi connectivity index (χ1) is 9.29. The lowest BCUT2D eigenvalue weighted by Crippen LogP contribution is -2.44. The molecule has 0 unspecified atom stereocenters. The van der Waals surface area contributed by atoms with Crippen LogP contribution in [0.2, 0.25) is 0 Å². The van der Waals surface area contributed by atoms with E-state index in [-0.39, 0.29) is 11.3 Å². The van der Waals surface area contributed by atoms with E-state index in [1.807, 2.05) is 0 Å². The van der Waals surface area contributed by atoms with Crippen molar-refractivity contribution >= 4 is 17.5 Å². The van der Waals surface area contributed by atoms with Crippen LogP contribution in [0.15, 0.2) is 18.2 Å². The van der Waals surface area contributed by atoms with Crippen molar-refractivity contribution in [2.45, 2.75) is 19.5 Å². The number of hydrogen-bond acceptors (Lipinski definition) is 2. The maximum atomic E-state index is 12.6. The molecule has 1 heterocycles. The van der Waals surface area contributed by atoms with Gasteiger partial charge in [0.2, 0.25) is 0 Å². The van der Waals surface area contributed by atoms with Crippen molar-refractivity contribution in [3.8, 4) is 0 Å². The average Bonchev–Trinajstić information content (AvgIpc) is 2.24. The predicted molar refractivity (Wildman–Crippen MR) is 66.7 cm³/mol. The molecule has 0 aromatic heterocycles. The number of amides is 2. The van der Waals surface area contributed by atoms with Crippen LogP contribution in [0.3, 0.4) is 0 Å². The van der Waals surface area contributed by atoms with E-state index in [1.54, 1.807) is 0 Å². The zero-order chi connectivity index (χ0) is 14.9. The first kappa shape index (κ1) is 14.4. The van der Waals surface area contributed by atoms with Crippen LogP contribution in [0.1, 0.15) is 29.3 Å². The van der Waals surface area contributed by atoms with Crippen LogP contribution in [-0.4, -0.2) is 29.8 Å². The van der Waals surface area contributed by atoms with Gasteiger partial charge in [-0.2, -0.15) is 13.2 Å². The summed E-state index contributed by atoms with van der Waals surface area (Å²) in [4.78, 5) is 24.7. The number of carbonyl (C=O) groups excluding carboxylic acids is 2. The molecule has 108 valence electrons. The van der Waals surface area contributed by atoms with Crippen LogP contribution in [0.4, 0.5) is 23.7 Å². The number of benzene rings is 1. The molecule has 1 saturated heterocycles. The molecule has 7 heteroatoms. The molecular weight excluding hydrogens is 273 g/mol. The molecule has 4 nitrogen and oxygen atoms in total. The monoisotopic (exact) mass is 286 g/mol. The molecule has 1 aromatic rings. The molecule has 0 spiro atoms. The van der Waals surface area contributed by atoms with E-state index in [2.05, 4.69) is 5.32 Å². The van der Waals surface area contributed by atoms with Crippen LogP contribution in [0.5, 0.6) is 0 Å². The van der Waals surface area contributed by atoms with Crippen LogP contribution >= 0.6 is 0 Å². The van der Waals surface area contributed by atoms with Gasteiger partial charge in [0.25, 0.3) is 0 Å². The maximum absolute atomic E-state index is 12.6. The number of ketones is 1. The van der Waals surface area contributed by atoms with Gasteiger partial charge in [0.05, 0.1) is 11.3 Å². The van der Waals surface area contributed by atoms with Gasteiger partial charge in [0.1, 0.15) is 0 Å². The molecule has 0 atom stereocenters. The minimum atomic E-state index is -4.52. The summed E-state index contributed by atoms with van der Waals surface area (Å²) in [5.41, 5.74) is -0.958. The Morgan fingerprint density at radius 3 is 2.35 bits per heavy atom. The molecular formula is C13H13F3N2O2. The standard InChI is InChI=1S/C13H13F3N2O2/c1-8(19)10-7-9(13(14,15)16)3-4-11(10)17-12(20)18-5-2-6-18/h3-4,7H,2,5-6H2,1H3,(H,17,20). The molecule has 2 amide bonds. The molecule has 1 fully saturated rings. The SMILES string of the molecule is CC(=O)c1cc(C(F)(F)F)ccc1NC(=O)N1CCC1. The Balaban J connectivity index is 2.28. The first-order valence-electron chi connectivity index (χ1n) is 6.07. The van der Waals surface area contributed by atoms with Gasteiger partial charge in [-0.05, 0) is 31.5 Å². The summed E-state index contributed by atoms with van der Waals surface area (Å²) in [5.74, 6) is -0.532. The fourth-order valence-corrected chi connectivity index (χ4v) is 1.83. The highest BCUT2D eigenvalue weighted by Crippen LogP contribution is 2.32. The van der Waals surface area contributed by atoms with Gasteiger partial charge < -0.3 is 10.2 Å². The van der Waals surface area contributed by atoms with Crippen molar-refractivity contribution in [3.63, 3.8) is 0 Å². The highest BCUT2D eigenvalue weighted by atomic mass is 19.4. The quantitative estimate of drug-likeness (QED) is 0.849. The Hall–Kier alpha value is -2.05. The summed E-state index contributed by atoms with van der Waals surface area (Å²) >= 11 is 0. The number of nitrogens with one attached hydrogen (secondary N) is 1. The average molecular weight is 286 g/mol. The lowest BCUT2D eigenvalue weighted by atomic mass is 10.0. The molecule has 0 bridgehead atoms. The lowest BCUT2D eigenvalue weighted by molar-refractivity contribution is -0.137. The van der Waals surface area contributed by atoms with Crippen molar-refractivity contribution in [1.82, 2.24) is 4.90 Å². The maximum Gasteiger partial charge on any atom is 0.416 e. The van der Waals surface area contributed by atoms with Crippen LogP contribution in [-0.2, 0) is 6.18 Å². The van der Waals surface area contributed by atoms with E-state index in [1.165, 1.54) is 4.90 Å². The van der Waals surface area contributed by atoms with Crippen molar-refractivity contribution in [2.24, 2.45) is 0 Å². The van der Waals surface area contributed by atoms with E-state index in [9.17, 15) is 22.8 Å². The summed E-state index contributed by atoms with van der Waals surface area (Å²) in [6.07, 6.45) is -3.62. The molecule has 0 aliphatic carbocycles. The minimum Gasteiger partial charge on any atom is -0.324 e. The van der Waals surface area contributed by atoms with Crippen molar-refractivity contribution in [2.75, 3.05) is 18.4 Å². The second-order valence-corrected chi connectivity index (χ2v) is 4.59. The molecule has 1 aliphatic heterocycles. The summed E-state index contributed by atoms with van der Waals surface area (Å²) < 4.78 is 37.8. The Morgan fingerprint density at radius 2 is 1.90 bits per heavy atom. The minimum absolute atomic E-state index is 0.0994. The largest absolute Gasteiger partial charge is 0.416 e. The number of alkyl halides is 3. The second-order valence-electron chi connectivity index (χ2n) is 4.59. The fourth-order valence-electron chi connectivity index (χ4n) is 1.83. The molecule has 20 heavy (non-hydrogen) atoms. The number of Topliss-reactive ketones (excluding diaryl/α,β-unsaturated/α-hetero) is 1. The third-order valence-electron chi connectivity index (χ3n) is 3.11. The number of halogens is 3. The number of anilines is 1. The van der Waals surface area contributed by atoms with Gasteiger partial charge in [0.15, 0.2) is 5.78 Å². The first-order valence-corrected chi connectivity index (χ1v) is 6.07. The van der Waals surface area contributed by atoms with Crippen LogP contribution < -0.4 is 5.32 Å². The smallest absolute Gasteiger partial charge is 0.324 e. The number of rotatable bonds is 2. The van der Waals surface area contributed by atoms with Gasteiger partial charge in [-0.15, -0.1) is 0 Å². The highest BCUT2D eigenvalue weighted by Gasteiger charge is 2.31. The molecule has 0 radical (unpaired) electrons. The zero-order valence-corrected chi connectivity index (χ0v) is 10.8. The number of carbonyl (C=O) groups is 2. The van der Waals surface area contributed by atoms with Crippen molar-refractivity contribution in [3.05, 3.63) is 29.3 Å². The van der Waals surface area contributed by atoms with E-state index in [0.29, 0.717) is 13.1 Å². The zero-order valence-electron chi connectivity index (χ0n) is 10.8. The summed E-state index contributed by atoms with van der Waals surface area (Å²) in [5, 5.41) is 2.47. The Kier molecular flexibility index (Phi) is 3.69. The number of hydrogen-bond donors (Lipinski definition) is 1. The molecule has 1 aliphatic rings. The van der Waals surface area contributed by atoms with E-state index >= 15 is 0 Å². The predicted octanol–water partition coefficient (Wildman–Crippen LogP) is 3.15. The number of nitrogens with zero attached hydrogens (tertiary/aromatic N) is 1. The third kappa shape index (κ3) is 2.92. The molecule has 1 N–H and O–H groups in total.